The SMILES string of the molecule is O=C(NC(=S)Nc1ccc(NC(=O)c2ccco2)c(Cl)c1)c1ccc(OCc2ccccc2)cc1. The standard InChI is InChI=1S/C26H20ClN3O4S/c27-21-15-19(10-13-22(21)29-25(32)23-7-4-14-33-23)28-26(35)30-24(31)18-8-11-20(12-9-18)34-16-17-5-2-1-3-6-17/h1-15H,16H2,(H,29,32)(H2,28,30,31,35). The third kappa shape index (κ3) is 6.69. The molecular formula is C26H20ClN3O4S. The first-order valence-corrected chi connectivity index (χ1v) is 11.3. The van der Waals surface area contributed by atoms with Gasteiger partial charge in [-0.3, -0.25) is 14.9 Å². The molecule has 0 radical (unpaired) electrons. The summed E-state index contributed by atoms with van der Waals surface area (Å²) in [6.45, 7) is 0.439. The molecule has 0 spiro atoms. The van der Waals surface area contributed by atoms with E-state index in [0.717, 1.165) is 5.56 Å². The van der Waals surface area contributed by atoms with Crippen molar-refractivity contribution in [2.45, 2.75) is 6.61 Å². The number of hydrogen-bond acceptors (Lipinski definition) is 5. The van der Waals surface area contributed by atoms with Crippen LogP contribution in [0.2, 0.25) is 5.02 Å². The van der Waals surface area contributed by atoms with Gasteiger partial charge in [0.25, 0.3) is 11.8 Å². The minimum Gasteiger partial charge on any atom is -0.489 e. The summed E-state index contributed by atoms with van der Waals surface area (Å²) in [6.07, 6.45) is 1.41. The maximum atomic E-state index is 12.5. The van der Waals surface area contributed by atoms with Crippen LogP contribution in [-0.2, 0) is 6.61 Å². The van der Waals surface area contributed by atoms with Gasteiger partial charge in [-0.1, -0.05) is 41.9 Å². The van der Waals surface area contributed by atoms with E-state index in [-0.39, 0.29) is 21.8 Å². The molecule has 4 rings (SSSR count). The quantitative estimate of drug-likeness (QED) is 0.271. The number of nitrogens with one attached hydrogen (secondary N) is 3. The number of rotatable bonds is 7. The van der Waals surface area contributed by atoms with Crippen molar-refractivity contribution in [1.82, 2.24) is 5.32 Å². The van der Waals surface area contributed by atoms with Crippen molar-refractivity contribution in [2.24, 2.45) is 0 Å². The Hall–Kier alpha value is -4.14. The maximum Gasteiger partial charge on any atom is 0.291 e. The fourth-order valence-corrected chi connectivity index (χ4v) is 3.51. The van der Waals surface area contributed by atoms with E-state index in [4.69, 9.17) is 33.0 Å². The van der Waals surface area contributed by atoms with Gasteiger partial charge in [0.05, 0.1) is 17.0 Å². The Morgan fingerprint density at radius 2 is 1.66 bits per heavy atom. The monoisotopic (exact) mass is 505 g/mol. The molecule has 0 saturated carbocycles. The minimum atomic E-state index is -0.420. The fraction of sp³-hybridized carbons (Fsp3) is 0.0385. The zero-order valence-corrected chi connectivity index (χ0v) is 19.9. The highest BCUT2D eigenvalue weighted by atomic mass is 35.5. The molecule has 35 heavy (non-hydrogen) atoms. The molecule has 0 saturated heterocycles. The van der Waals surface area contributed by atoms with Gasteiger partial charge in [-0.2, -0.15) is 0 Å². The van der Waals surface area contributed by atoms with Gasteiger partial charge in [-0.05, 0) is 72.4 Å². The van der Waals surface area contributed by atoms with Crippen LogP contribution in [0.4, 0.5) is 11.4 Å². The smallest absolute Gasteiger partial charge is 0.291 e. The van der Waals surface area contributed by atoms with Crippen molar-refractivity contribution in [3.63, 3.8) is 0 Å². The number of hydrogen-bond donors (Lipinski definition) is 3. The van der Waals surface area contributed by atoms with Crippen LogP contribution in [0.25, 0.3) is 0 Å². The average Bonchev–Trinajstić information content (AvgIpc) is 3.41. The Labute approximate surface area is 212 Å². The molecule has 0 unspecified atom stereocenters. The normalized spacial score (nSPS) is 10.3. The highest BCUT2D eigenvalue weighted by Gasteiger charge is 2.12. The summed E-state index contributed by atoms with van der Waals surface area (Å²) in [6, 6.07) is 24.6. The van der Waals surface area contributed by atoms with Crippen molar-refractivity contribution in [1.29, 1.82) is 0 Å². The van der Waals surface area contributed by atoms with Crippen LogP contribution in [0, 0.1) is 0 Å². The number of ether oxygens (including phenoxy) is 1. The lowest BCUT2D eigenvalue weighted by atomic mass is 10.2. The lowest BCUT2D eigenvalue weighted by Gasteiger charge is -2.12. The van der Waals surface area contributed by atoms with E-state index in [0.29, 0.717) is 29.3 Å². The lowest BCUT2D eigenvalue weighted by Crippen LogP contribution is -2.34. The van der Waals surface area contributed by atoms with Crippen molar-refractivity contribution >= 4 is 52.1 Å². The Bertz CT molecular complexity index is 1330. The van der Waals surface area contributed by atoms with Crippen LogP contribution in [-0.4, -0.2) is 16.9 Å². The molecule has 3 N–H and O–H groups in total. The maximum absolute atomic E-state index is 12.5. The third-order valence-electron chi connectivity index (χ3n) is 4.81. The predicted octanol–water partition coefficient (Wildman–Crippen LogP) is 5.89. The molecule has 1 aromatic heterocycles. The number of carbonyl (C=O) groups is 2. The van der Waals surface area contributed by atoms with Gasteiger partial charge in [-0.25, -0.2) is 0 Å². The second-order valence-electron chi connectivity index (χ2n) is 7.33. The first-order chi connectivity index (χ1) is 17.0. The van der Waals surface area contributed by atoms with Gasteiger partial charge in [0.2, 0.25) is 0 Å². The molecule has 2 amide bonds. The Morgan fingerprint density at radius 3 is 2.34 bits per heavy atom. The number of carbonyl (C=O) groups excluding carboxylic acids is 2. The first kappa shape index (κ1) is 24.0. The number of furan rings is 1. The second-order valence-corrected chi connectivity index (χ2v) is 8.15. The summed E-state index contributed by atoms with van der Waals surface area (Å²) in [7, 11) is 0. The highest BCUT2D eigenvalue weighted by Crippen LogP contribution is 2.26. The number of thiocarbonyl (C=S) groups is 1. The van der Waals surface area contributed by atoms with Gasteiger partial charge in [-0.15, -0.1) is 0 Å². The van der Waals surface area contributed by atoms with E-state index in [9.17, 15) is 9.59 Å². The molecule has 0 aliphatic carbocycles. The third-order valence-corrected chi connectivity index (χ3v) is 5.33. The Kier molecular flexibility index (Phi) is 7.77. The number of amides is 2. The van der Waals surface area contributed by atoms with Crippen LogP contribution in [0.15, 0.2) is 95.6 Å². The molecule has 0 atom stereocenters. The molecule has 1 heterocycles. The number of benzene rings is 3. The summed E-state index contributed by atoms with van der Waals surface area (Å²) in [5, 5.41) is 8.57. The fourth-order valence-electron chi connectivity index (χ4n) is 3.07. The van der Waals surface area contributed by atoms with E-state index < -0.39 is 5.91 Å². The summed E-state index contributed by atoms with van der Waals surface area (Å²) < 4.78 is 10.8. The van der Waals surface area contributed by atoms with E-state index in [1.807, 2.05) is 30.3 Å². The topological polar surface area (TPSA) is 92.6 Å². The molecule has 4 aromatic rings. The van der Waals surface area contributed by atoms with Crippen molar-refractivity contribution < 1.29 is 18.7 Å². The van der Waals surface area contributed by atoms with Crippen molar-refractivity contribution in [3.05, 3.63) is 113 Å². The molecule has 0 fully saturated rings. The number of anilines is 2. The lowest BCUT2D eigenvalue weighted by molar-refractivity contribution is 0.0975. The summed E-state index contributed by atoms with van der Waals surface area (Å²) in [5.74, 6) is 0.0327. The summed E-state index contributed by atoms with van der Waals surface area (Å²) in [4.78, 5) is 24.6. The zero-order chi connectivity index (χ0) is 24.6. The van der Waals surface area contributed by atoms with E-state index in [2.05, 4.69) is 16.0 Å². The van der Waals surface area contributed by atoms with Crippen LogP contribution in [0.3, 0.4) is 0 Å². The van der Waals surface area contributed by atoms with Crippen LogP contribution in [0.5, 0.6) is 5.75 Å². The van der Waals surface area contributed by atoms with Crippen molar-refractivity contribution in [3.8, 4) is 5.75 Å². The second kappa shape index (κ2) is 11.3. The van der Waals surface area contributed by atoms with Gasteiger partial charge in [0, 0.05) is 11.3 Å². The zero-order valence-electron chi connectivity index (χ0n) is 18.3. The highest BCUT2D eigenvalue weighted by molar-refractivity contribution is 7.80. The van der Waals surface area contributed by atoms with Gasteiger partial charge >= 0.3 is 0 Å². The van der Waals surface area contributed by atoms with Gasteiger partial charge in [0.15, 0.2) is 10.9 Å². The summed E-state index contributed by atoms with van der Waals surface area (Å²) in [5.41, 5.74) is 2.43. The molecule has 3 aromatic carbocycles. The molecule has 176 valence electrons. The molecule has 7 nitrogen and oxygen atoms in total. The molecule has 0 aliphatic heterocycles. The largest absolute Gasteiger partial charge is 0.489 e. The Balaban J connectivity index is 1.28. The van der Waals surface area contributed by atoms with E-state index in [1.54, 1.807) is 54.6 Å². The molecule has 0 aliphatic rings. The summed E-state index contributed by atoms with van der Waals surface area (Å²) >= 11 is 11.5. The first-order valence-electron chi connectivity index (χ1n) is 10.5. The van der Waals surface area contributed by atoms with Crippen LogP contribution >= 0.6 is 23.8 Å². The molecule has 0 bridgehead atoms. The van der Waals surface area contributed by atoms with Gasteiger partial charge < -0.3 is 19.8 Å². The number of halogens is 1. The van der Waals surface area contributed by atoms with Gasteiger partial charge in [0.1, 0.15) is 12.4 Å². The average molecular weight is 506 g/mol. The van der Waals surface area contributed by atoms with E-state index in [1.165, 1.54) is 6.26 Å². The van der Waals surface area contributed by atoms with E-state index >= 15 is 0 Å². The van der Waals surface area contributed by atoms with Crippen LogP contribution < -0.4 is 20.7 Å². The van der Waals surface area contributed by atoms with Crippen LogP contribution in [0.1, 0.15) is 26.5 Å². The molecular weight excluding hydrogens is 486 g/mol. The van der Waals surface area contributed by atoms with Crippen molar-refractivity contribution in [2.75, 3.05) is 10.6 Å². The molecule has 9 heteroatoms. The minimum absolute atomic E-state index is 0.0999. The Morgan fingerprint density at radius 1 is 0.886 bits per heavy atom. The predicted molar refractivity (Wildman–Crippen MR) is 139 cm³/mol.